The maximum absolute atomic E-state index is 12.1. The Morgan fingerprint density at radius 2 is 1.96 bits per heavy atom. The van der Waals surface area contributed by atoms with Crippen LogP contribution in [0.4, 0.5) is 10.5 Å². The van der Waals surface area contributed by atoms with Crippen molar-refractivity contribution in [1.82, 2.24) is 4.90 Å². The number of amides is 2. The number of non-ortho nitro benzene ring substituents is 1. The fourth-order valence-corrected chi connectivity index (χ4v) is 3.01. The average Bonchev–Trinajstić information content (AvgIpc) is 3.16. The molecule has 0 bridgehead atoms. The summed E-state index contributed by atoms with van der Waals surface area (Å²) >= 11 is 0.795. The molecule has 0 radical (unpaired) electrons. The number of carbonyl (C=O) groups excluding carboxylic acids is 2. The molecule has 1 saturated heterocycles. The highest BCUT2D eigenvalue weighted by Crippen LogP contribution is 2.33. The van der Waals surface area contributed by atoms with Crippen molar-refractivity contribution in [1.29, 1.82) is 0 Å². The molecule has 0 unspecified atom stereocenters. The molecule has 2 aromatic rings. The number of furan rings is 1. The summed E-state index contributed by atoms with van der Waals surface area (Å²) in [5.74, 6) is 2.69. The fourth-order valence-electron chi connectivity index (χ4n) is 2.19. The third-order valence-corrected chi connectivity index (χ3v) is 4.29. The molecule has 3 rings (SSSR count). The van der Waals surface area contributed by atoms with Gasteiger partial charge < -0.3 is 4.42 Å². The van der Waals surface area contributed by atoms with Gasteiger partial charge in [0.25, 0.3) is 16.8 Å². The van der Waals surface area contributed by atoms with Crippen LogP contribution in [0.3, 0.4) is 0 Å². The van der Waals surface area contributed by atoms with E-state index in [2.05, 4.69) is 5.92 Å². The molecule has 7 nitrogen and oxygen atoms in total. The molecule has 1 aliphatic rings. The first-order chi connectivity index (χ1) is 12.0. The predicted molar refractivity (Wildman–Crippen MR) is 92.3 cm³/mol. The maximum atomic E-state index is 12.1. The van der Waals surface area contributed by atoms with E-state index < -0.39 is 16.1 Å². The lowest BCUT2D eigenvalue weighted by Crippen LogP contribution is -2.28. The summed E-state index contributed by atoms with van der Waals surface area (Å²) in [7, 11) is 0. The van der Waals surface area contributed by atoms with Gasteiger partial charge in [0.15, 0.2) is 0 Å². The second kappa shape index (κ2) is 6.67. The molecular formula is C17H10N2O5S. The van der Waals surface area contributed by atoms with E-state index in [1.807, 2.05) is 0 Å². The Morgan fingerprint density at radius 1 is 1.24 bits per heavy atom. The van der Waals surface area contributed by atoms with Crippen LogP contribution in [0.2, 0.25) is 0 Å². The van der Waals surface area contributed by atoms with Crippen LogP contribution in [-0.2, 0) is 4.79 Å². The zero-order chi connectivity index (χ0) is 18.0. The Labute approximate surface area is 146 Å². The minimum Gasteiger partial charge on any atom is -0.457 e. The summed E-state index contributed by atoms with van der Waals surface area (Å²) in [6.07, 6.45) is 6.61. The quantitative estimate of drug-likeness (QED) is 0.361. The highest BCUT2D eigenvalue weighted by Gasteiger charge is 2.34. The normalized spacial score (nSPS) is 15.6. The molecule has 8 heteroatoms. The molecule has 2 heterocycles. The van der Waals surface area contributed by atoms with Crippen LogP contribution in [0.15, 0.2) is 45.7 Å². The molecular weight excluding hydrogens is 344 g/mol. The Morgan fingerprint density at radius 3 is 2.60 bits per heavy atom. The molecule has 0 aliphatic carbocycles. The van der Waals surface area contributed by atoms with Crippen molar-refractivity contribution in [2.45, 2.75) is 0 Å². The number of benzene rings is 1. The smallest absolute Gasteiger partial charge is 0.294 e. The highest BCUT2D eigenvalue weighted by atomic mass is 32.2. The van der Waals surface area contributed by atoms with Gasteiger partial charge in [0.2, 0.25) is 0 Å². The van der Waals surface area contributed by atoms with Crippen LogP contribution in [-0.4, -0.2) is 27.5 Å². The second-order valence-corrected chi connectivity index (χ2v) is 5.97. The number of hydrogen-bond donors (Lipinski definition) is 0. The number of nitro groups is 1. The van der Waals surface area contributed by atoms with Crippen LogP contribution in [0.25, 0.3) is 17.4 Å². The zero-order valence-corrected chi connectivity index (χ0v) is 13.5. The van der Waals surface area contributed by atoms with Gasteiger partial charge in [-0.3, -0.25) is 24.6 Å². The summed E-state index contributed by atoms with van der Waals surface area (Å²) in [6, 6.07) is 9.22. The Bertz CT molecular complexity index is 937. The molecule has 1 fully saturated rings. The molecule has 0 spiro atoms. The molecule has 2 amide bonds. The second-order valence-electron chi connectivity index (χ2n) is 4.98. The first-order valence-corrected chi connectivity index (χ1v) is 7.85. The van der Waals surface area contributed by atoms with Gasteiger partial charge in [0.1, 0.15) is 11.5 Å². The van der Waals surface area contributed by atoms with Gasteiger partial charge in [-0.05, 0) is 36.0 Å². The zero-order valence-electron chi connectivity index (χ0n) is 12.7. The van der Waals surface area contributed by atoms with Crippen molar-refractivity contribution < 1.29 is 18.9 Å². The highest BCUT2D eigenvalue weighted by molar-refractivity contribution is 8.18. The van der Waals surface area contributed by atoms with Gasteiger partial charge in [0.05, 0.1) is 16.4 Å². The number of carbonyl (C=O) groups is 2. The minimum absolute atomic E-state index is 0.0160. The van der Waals surface area contributed by atoms with Gasteiger partial charge in [-0.15, -0.1) is 6.42 Å². The minimum atomic E-state index is -0.482. The fraction of sp³-hybridized carbons (Fsp3) is 0.0588. The molecule has 1 aromatic carbocycles. The Balaban J connectivity index is 1.82. The Kier molecular flexibility index (Phi) is 4.41. The van der Waals surface area contributed by atoms with Gasteiger partial charge in [-0.1, -0.05) is 5.92 Å². The van der Waals surface area contributed by atoms with Gasteiger partial charge in [0, 0.05) is 23.8 Å². The third kappa shape index (κ3) is 3.32. The lowest BCUT2D eigenvalue weighted by atomic mass is 10.1. The van der Waals surface area contributed by atoms with Gasteiger partial charge in [-0.25, -0.2) is 0 Å². The monoisotopic (exact) mass is 354 g/mol. The van der Waals surface area contributed by atoms with E-state index in [4.69, 9.17) is 10.8 Å². The summed E-state index contributed by atoms with van der Waals surface area (Å²) < 4.78 is 5.63. The van der Waals surface area contributed by atoms with Crippen molar-refractivity contribution in [3.8, 4) is 23.7 Å². The summed E-state index contributed by atoms with van der Waals surface area (Å²) in [5.41, 5.74) is 0.642. The maximum Gasteiger partial charge on any atom is 0.294 e. The van der Waals surface area contributed by atoms with Gasteiger partial charge >= 0.3 is 0 Å². The summed E-state index contributed by atoms with van der Waals surface area (Å²) in [5, 5.41) is 10.3. The van der Waals surface area contributed by atoms with E-state index in [-0.39, 0.29) is 17.1 Å². The number of terminal acetylenes is 1. The van der Waals surface area contributed by atoms with Crippen molar-refractivity contribution in [3.05, 3.63) is 57.2 Å². The van der Waals surface area contributed by atoms with Gasteiger partial charge in [-0.2, -0.15) is 0 Å². The van der Waals surface area contributed by atoms with Crippen LogP contribution in [0.1, 0.15) is 5.76 Å². The van der Waals surface area contributed by atoms with E-state index in [1.54, 1.807) is 24.3 Å². The SMILES string of the molecule is C#CCN1C(=O)S/C(=C\c2ccc(-c3ccc([N+](=O)[O-])cc3)o2)C1=O. The number of nitro benzene ring substituents is 1. The number of rotatable bonds is 4. The van der Waals surface area contributed by atoms with Crippen LogP contribution in [0.5, 0.6) is 0 Å². The third-order valence-electron chi connectivity index (χ3n) is 3.39. The summed E-state index contributed by atoms with van der Waals surface area (Å²) in [4.78, 5) is 35.2. The lowest BCUT2D eigenvalue weighted by Gasteiger charge is -2.06. The molecule has 0 N–H and O–H groups in total. The molecule has 0 atom stereocenters. The molecule has 1 aliphatic heterocycles. The first-order valence-electron chi connectivity index (χ1n) is 7.03. The molecule has 124 valence electrons. The van der Waals surface area contributed by atoms with E-state index in [9.17, 15) is 19.7 Å². The first kappa shape index (κ1) is 16.5. The van der Waals surface area contributed by atoms with E-state index in [0.717, 1.165) is 16.7 Å². The van der Waals surface area contributed by atoms with Crippen LogP contribution in [0, 0.1) is 22.5 Å². The topological polar surface area (TPSA) is 93.7 Å². The number of nitrogens with zero attached hydrogens (tertiary/aromatic N) is 2. The van der Waals surface area contributed by atoms with E-state index in [0.29, 0.717) is 17.1 Å². The standard InChI is InChI=1S/C17H10N2O5S/c1-2-9-18-16(20)15(25-17(18)21)10-13-7-8-14(24-13)11-3-5-12(6-4-11)19(22)23/h1,3-8,10H,9H2/b15-10-. The average molecular weight is 354 g/mol. The number of thioether (sulfide) groups is 1. The Hall–Kier alpha value is -3.31. The number of hydrogen-bond acceptors (Lipinski definition) is 6. The van der Waals surface area contributed by atoms with Crippen molar-refractivity contribution in [2.75, 3.05) is 6.54 Å². The van der Waals surface area contributed by atoms with Crippen molar-refractivity contribution in [2.24, 2.45) is 0 Å². The summed E-state index contributed by atoms with van der Waals surface area (Å²) in [6.45, 7) is -0.0752. The van der Waals surface area contributed by atoms with Crippen LogP contribution >= 0.6 is 11.8 Å². The molecule has 0 saturated carbocycles. The molecule has 1 aromatic heterocycles. The van der Waals surface area contributed by atoms with E-state index >= 15 is 0 Å². The molecule has 25 heavy (non-hydrogen) atoms. The van der Waals surface area contributed by atoms with Crippen molar-refractivity contribution >= 4 is 34.7 Å². The predicted octanol–water partition coefficient (Wildman–Crippen LogP) is 3.52. The lowest BCUT2D eigenvalue weighted by molar-refractivity contribution is -0.384. The van der Waals surface area contributed by atoms with E-state index in [1.165, 1.54) is 18.2 Å². The van der Waals surface area contributed by atoms with Crippen molar-refractivity contribution in [3.63, 3.8) is 0 Å². The number of imide groups is 1. The largest absolute Gasteiger partial charge is 0.457 e. The van der Waals surface area contributed by atoms with Crippen LogP contribution < -0.4 is 0 Å².